The van der Waals surface area contributed by atoms with Gasteiger partial charge < -0.3 is 0 Å². The molecule has 17 heavy (non-hydrogen) atoms. The summed E-state index contributed by atoms with van der Waals surface area (Å²) in [5.74, 6) is 0.712. The van der Waals surface area contributed by atoms with Gasteiger partial charge in [0.25, 0.3) is 0 Å². The monoisotopic (exact) mass is 480 g/mol. The van der Waals surface area contributed by atoms with Crippen molar-refractivity contribution in [3.8, 4) is 5.88 Å². The summed E-state index contributed by atoms with van der Waals surface area (Å²) < 4.78 is 6.64. The number of rotatable bonds is 5. The van der Waals surface area contributed by atoms with Crippen molar-refractivity contribution in [3.05, 3.63) is 29.2 Å². The van der Waals surface area contributed by atoms with Crippen LogP contribution in [-0.2, 0) is 52.1 Å². The Labute approximate surface area is 140 Å². The third-order valence-electron chi connectivity index (χ3n) is 1.63. The molecule has 1 rings (SSSR count). The van der Waals surface area contributed by atoms with E-state index in [0.717, 1.165) is 9.59 Å². The van der Waals surface area contributed by atoms with Gasteiger partial charge in [-0.15, -0.1) is 0 Å². The van der Waals surface area contributed by atoms with Crippen LogP contribution in [0.1, 0.15) is 26.3 Å². The predicted molar refractivity (Wildman–Crippen MR) is 64.7 cm³/mol. The number of hydrogen-bond donors (Lipinski definition) is 0. The molecule has 0 aliphatic heterocycles. The van der Waals surface area contributed by atoms with Gasteiger partial charge in [-0.3, -0.25) is 0 Å². The van der Waals surface area contributed by atoms with Crippen LogP contribution in [0.2, 0.25) is 0 Å². The Morgan fingerprint density at radius 3 is 2.65 bits per heavy atom. The summed E-state index contributed by atoms with van der Waals surface area (Å²) in [4.78, 5) is 4.13. The van der Waals surface area contributed by atoms with Crippen LogP contribution in [0.5, 0.6) is 5.88 Å². The summed E-state index contributed by atoms with van der Waals surface area (Å²) in [7, 11) is 0. The maximum atomic E-state index is 5.48. The van der Waals surface area contributed by atoms with E-state index in [2.05, 4.69) is 10.3 Å². The summed E-state index contributed by atoms with van der Waals surface area (Å²) >= 11 is 1.41. The standard InChI is InChI=1S/C10H13N2O.C2H6.W.Y/c1-3-11-7-8-13-10-9(2)5-4-6-12-10;1-2;;/h4-6H,7-8H2,1-2H3;1-2H3;;/q-1;;;. The Bertz CT molecular complexity index is 321. The molecule has 0 N–H and O–H groups in total. The molecule has 0 fully saturated rings. The van der Waals surface area contributed by atoms with E-state index in [0.29, 0.717) is 19.0 Å². The van der Waals surface area contributed by atoms with Gasteiger partial charge in [-0.2, -0.15) is 0 Å². The van der Waals surface area contributed by atoms with E-state index in [-0.39, 0.29) is 32.7 Å². The molecule has 93 valence electrons. The van der Waals surface area contributed by atoms with Crippen LogP contribution in [0, 0.1) is 6.92 Å². The number of aromatic nitrogens is 1. The van der Waals surface area contributed by atoms with Gasteiger partial charge in [-0.05, 0) is 0 Å². The van der Waals surface area contributed by atoms with Gasteiger partial charge in [-0.1, -0.05) is 13.8 Å². The molecule has 0 aromatic carbocycles. The molecule has 0 amide bonds. The van der Waals surface area contributed by atoms with E-state index in [1.807, 2.05) is 39.8 Å². The predicted octanol–water partition coefficient (Wildman–Crippen LogP) is 2.86. The smallest absolute Gasteiger partial charge is 0 e. The summed E-state index contributed by atoms with van der Waals surface area (Å²) in [6, 6.07) is 3.89. The average molecular weight is 480 g/mol. The first-order valence-corrected chi connectivity index (χ1v) is 6.89. The molecule has 1 aromatic heterocycles. The third kappa shape index (κ3) is 10.2. The summed E-state index contributed by atoms with van der Waals surface area (Å²) in [6.45, 7) is 9.32. The first-order chi connectivity index (χ1) is 7.70. The van der Waals surface area contributed by atoms with E-state index < -0.39 is 0 Å². The van der Waals surface area contributed by atoms with Gasteiger partial charge >= 0.3 is 95.2 Å². The minimum atomic E-state index is 0. The van der Waals surface area contributed by atoms with Gasteiger partial charge in [-0.25, -0.2) is 0 Å². The van der Waals surface area contributed by atoms with Gasteiger partial charge in [0.05, 0.1) is 0 Å². The molecule has 0 bridgehead atoms. The molecule has 0 aliphatic rings. The zero-order chi connectivity index (χ0) is 12.4. The first-order valence-electron chi connectivity index (χ1n) is 5.42. The number of nitrogens with zero attached hydrogens (tertiary/aromatic N) is 2. The fourth-order valence-corrected chi connectivity index (χ4v) is 1.30. The van der Waals surface area contributed by atoms with Crippen molar-refractivity contribution < 1.29 is 56.8 Å². The maximum absolute atomic E-state index is 5.48. The topological polar surface area (TPSA) is 36.2 Å². The average Bonchev–Trinajstić information content (AvgIpc) is 2.29. The largest absolute Gasteiger partial charge is 0 e. The van der Waals surface area contributed by atoms with Crippen molar-refractivity contribution in [2.75, 3.05) is 13.2 Å². The van der Waals surface area contributed by atoms with Gasteiger partial charge in [0.1, 0.15) is 0 Å². The van der Waals surface area contributed by atoms with E-state index in [1.54, 1.807) is 6.20 Å². The van der Waals surface area contributed by atoms with E-state index >= 15 is 0 Å². The second kappa shape index (κ2) is 13.0. The van der Waals surface area contributed by atoms with Gasteiger partial charge in [0.2, 0.25) is 0 Å². The molecule has 1 heterocycles. The van der Waals surface area contributed by atoms with E-state index in [4.69, 9.17) is 4.74 Å². The molecular formula is C12H19N2OWY-. The van der Waals surface area contributed by atoms with Crippen LogP contribution in [0.15, 0.2) is 18.3 Å². The Morgan fingerprint density at radius 1 is 1.47 bits per heavy atom. The normalized spacial score (nSPS) is 8.47. The van der Waals surface area contributed by atoms with Gasteiger partial charge in [0.15, 0.2) is 0 Å². The third-order valence-corrected chi connectivity index (χ3v) is 2.09. The molecule has 0 atom stereocenters. The zero-order valence-electron chi connectivity index (χ0n) is 10.9. The molecule has 0 saturated carbocycles. The first kappa shape index (κ1) is 19.9. The van der Waals surface area contributed by atoms with Crippen LogP contribution >= 0.6 is 0 Å². The van der Waals surface area contributed by atoms with Crippen LogP contribution in [-0.4, -0.2) is 22.2 Å². The number of aryl methyl sites for hydroxylation is 1. The Hall–Kier alpha value is 0.572. The van der Waals surface area contributed by atoms with Crippen molar-refractivity contribution in [1.82, 2.24) is 4.98 Å². The molecule has 1 radical (unpaired) electrons. The Balaban J connectivity index is 0. The van der Waals surface area contributed by atoms with Crippen molar-refractivity contribution in [1.29, 1.82) is 0 Å². The molecule has 3 nitrogen and oxygen atoms in total. The van der Waals surface area contributed by atoms with Crippen LogP contribution in [0.3, 0.4) is 0 Å². The summed E-state index contributed by atoms with van der Waals surface area (Å²) in [5.41, 5.74) is 1.07. The molecule has 1 aromatic rings. The number of hydrogen-bond acceptors (Lipinski definition) is 2. The molecule has 0 aliphatic carbocycles. The number of pyridine rings is 1. The second-order valence-electron chi connectivity index (χ2n) is 2.87. The van der Waals surface area contributed by atoms with Crippen LogP contribution < -0.4 is 4.74 Å². The van der Waals surface area contributed by atoms with Crippen molar-refractivity contribution in [3.63, 3.8) is 0 Å². The van der Waals surface area contributed by atoms with Crippen LogP contribution in [0.4, 0.5) is 0 Å². The van der Waals surface area contributed by atoms with Crippen LogP contribution in [0.25, 0.3) is 5.32 Å². The molecule has 0 unspecified atom stereocenters. The van der Waals surface area contributed by atoms with E-state index in [1.165, 1.54) is 19.4 Å². The summed E-state index contributed by atoms with van der Waals surface area (Å²) in [5, 5.41) is 4.27. The Morgan fingerprint density at radius 2 is 2.12 bits per heavy atom. The minimum Gasteiger partial charge on any atom is 0 e. The van der Waals surface area contributed by atoms with Crippen molar-refractivity contribution >= 4 is 4.02 Å². The molecule has 0 saturated heterocycles. The fraction of sp³-hybridized carbons (Fsp3) is 0.500. The molecule has 5 heteroatoms. The zero-order valence-corrected chi connectivity index (χ0v) is 16.7. The van der Waals surface area contributed by atoms with Crippen molar-refractivity contribution in [2.45, 2.75) is 27.7 Å². The fourth-order valence-electron chi connectivity index (χ4n) is 0.968. The minimum absolute atomic E-state index is 0. The SMILES string of the molecule is CC.C[C](=[W])[N-]CCOc1ncccc1C.[Y]. The number of ether oxygens (including phenoxy) is 1. The molecular weight excluding hydrogens is 461 g/mol. The van der Waals surface area contributed by atoms with Gasteiger partial charge in [0, 0.05) is 32.7 Å². The van der Waals surface area contributed by atoms with E-state index in [9.17, 15) is 0 Å². The molecule has 0 spiro atoms. The Kier molecular flexibility index (Phi) is 15.2. The second-order valence-corrected chi connectivity index (χ2v) is 5.00. The van der Waals surface area contributed by atoms with Crippen molar-refractivity contribution in [2.24, 2.45) is 0 Å². The maximum Gasteiger partial charge on any atom is 0 e. The summed E-state index contributed by atoms with van der Waals surface area (Å²) in [6.07, 6.45) is 1.74. The quantitative estimate of drug-likeness (QED) is 0.609.